The number of aromatic nitrogens is 2. The van der Waals surface area contributed by atoms with Crippen molar-refractivity contribution in [2.24, 2.45) is 0 Å². The highest BCUT2D eigenvalue weighted by molar-refractivity contribution is 5.92. The molecule has 0 bridgehead atoms. The molecule has 146 valence electrons. The Morgan fingerprint density at radius 3 is 2.81 bits per heavy atom. The van der Waals surface area contributed by atoms with Crippen molar-refractivity contribution in [3.63, 3.8) is 0 Å². The van der Waals surface area contributed by atoms with Crippen LogP contribution >= 0.6 is 12.4 Å². The molecule has 2 heterocycles. The minimum Gasteiger partial charge on any atom is -0.496 e. The Bertz CT molecular complexity index is 769. The number of nitrogens with zero attached hydrogens (tertiary/aromatic N) is 3. The summed E-state index contributed by atoms with van der Waals surface area (Å²) in [5, 5.41) is 8.00. The lowest BCUT2D eigenvalue weighted by Gasteiger charge is -2.24. The van der Waals surface area contributed by atoms with Gasteiger partial charge in [0.15, 0.2) is 0 Å². The number of nitrogens with one attached hydrogen (secondary N) is 1. The van der Waals surface area contributed by atoms with Gasteiger partial charge in [-0.2, -0.15) is 5.10 Å². The van der Waals surface area contributed by atoms with Crippen LogP contribution in [0.3, 0.4) is 0 Å². The fourth-order valence-corrected chi connectivity index (χ4v) is 3.63. The van der Waals surface area contributed by atoms with E-state index < -0.39 is 0 Å². The van der Waals surface area contributed by atoms with Gasteiger partial charge in [-0.1, -0.05) is 18.2 Å². The lowest BCUT2D eigenvalue weighted by molar-refractivity contribution is 0.0721. The highest BCUT2D eigenvalue weighted by Gasteiger charge is 2.34. The first-order valence-electron chi connectivity index (χ1n) is 9.45. The zero-order chi connectivity index (χ0) is 17.9. The molecule has 0 radical (unpaired) electrons. The van der Waals surface area contributed by atoms with Crippen LogP contribution in [0.15, 0.2) is 36.5 Å². The van der Waals surface area contributed by atoms with Crippen LogP contribution in [0.2, 0.25) is 0 Å². The predicted octanol–water partition coefficient (Wildman–Crippen LogP) is 3.04. The highest BCUT2D eigenvalue weighted by Crippen LogP contribution is 2.31. The van der Waals surface area contributed by atoms with Gasteiger partial charge in [0.1, 0.15) is 11.4 Å². The summed E-state index contributed by atoms with van der Waals surface area (Å²) in [6, 6.07) is 10.4. The van der Waals surface area contributed by atoms with Crippen LogP contribution < -0.4 is 10.1 Å². The number of rotatable bonds is 6. The molecule has 2 aliphatic rings. The van der Waals surface area contributed by atoms with Gasteiger partial charge in [0.2, 0.25) is 0 Å². The Morgan fingerprint density at radius 1 is 1.30 bits per heavy atom. The van der Waals surface area contributed by atoms with Gasteiger partial charge < -0.3 is 15.0 Å². The van der Waals surface area contributed by atoms with Crippen LogP contribution in [0.1, 0.15) is 47.8 Å². The second-order valence-corrected chi connectivity index (χ2v) is 7.16. The lowest BCUT2D eigenvalue weighted by Crippen LogP contribution is -2.34. The fourth-order valence-electron chi connectivity index (χ4n) is 3.63. The van der Waals surface area contributed by atoms with E-state index >= 15 is 0 Å². The van der Waals surface area contributed by atoms with Crippen molar-refractivity contribution in [1.29, 1.82) is 0 Å². The van der Waals surface area contributed by atoms with E-state index in [0.717, 1.165) is 50.1 Å². The molecule has 1 saturated carbocycles. The van der Waals surface area contributed by atoms with Gasteiger partial charge in [0, 0.05) is 30.9 Å². The van der Waals surface area contributed by atoms with Gasteiger partial charge in [-0.15, -0.1) is 12.4 Å². The first-order valence-corrected chi connectivity index (χ1v) is 9.45. The van der Waals surface area contributed by atoms with Crippen molar-refractivity contribution in [3.8, 4) is 5.75 Å². The second kappa shape index (κ2) is 8.76. The molecule has 1 atom stereocenters. The molecule has 1 aliphatic heterocycles. The van der Waals surface area contributed by atoms with E-state index in [1.807, 2.05) is 46.1 Å². The average molecular weight is 391 g/mol. The van der Waals surface area contributed by atoms with Crippen molar-refractivity contribution < 1.29 is 9.53 Å². The van der Waals surface area contributed by atoms with Crippen molar-refractivity contribution in [3.05, 3.63) is 47.8 Å². The van der Waals surface area contributed by atoms with Crippen molar-refractivity contribution in [1.82, 2.24) is 20.0 Å². The molecular formula is C20H27ClN4O2. The Labute approximate surface area is 166 Å². The third-order valence-electron chi connectivity index (χ3n) is 5.25. The van der Waals surface area contributed by atoms with E-state index in [9.17, 15) is 4.79 Å². The third kappa shape index (κ3) is 4.45. The van der Waals surface area contributed by atoms with Crippen LogP contribution in [0.25, 0.3) is 0 Å². The zero-order valence-corrected chi connectivity index (χ0v) is 16.5. The van der Waals surface area contributed by atoms with E-state index in [4.69, 9.17) is 4.74 Å². The molecule has 1 aromatic carbocycles. The molecule has 1 amide bonds. The predicted molar refractivity (Wildman–Crippen MR) is 107 cm³/mol. The molecule has 1 unspecified atom stereocenters. The standard InChI is InChI=1S/C20H26N4O2.ClH/c1-26-19-7-3-2-5-15(19)14-23(16-8-9-16)20(25)18-10-12-24(22-18)17-6-4-11-21-13-17;/h2-3,5,7,10,12,16-17,21H,4,6,8-9,11,13-14H2,1H3;1H. The number of ether oxygens (including phenoxy) is 1. The first kappa shape index (κ1) is 19.7. The molecule has 1 N–H and O–H groups in total. The number of piperidine rings is 1. The van der Waals surface area contributed by atoms with E-state index in [0.29, 0.717) is 24.3 Å². The molecule has 7 heteroatoms. The molecule has 2 aromatic rings. The third-order valence-corrected chi connectivity index (χ3v) is 5.25. The Kier molecular flexibility index (Phi) is 6.39. The number of carbonyl (C=O) groups excluding carboxylic acids is 1. The second-order valence-electron chi connectivity index (χ2n) is 7.16. The van der Waals surface area contributed by atoms with E-state index in [1.54, 1.807) is 7.11 Å². The maximum atomic E-state index is 13.1. The van der Waals surface area contributed by atoms with Gasteiger partial charge in [-0.05, 0) is 44.4 Å². The van der Waals surface area contributed by atoms with E-state index in [2.05, 4.69) is 10.4 Å². The normalized spacial score (nSPS) is 19.2. The van der Waals surface area contributed by atoms with E-state index in [-0.39, 0.29) is 18.3 Å². The topological polar surface area (TPSA) is 59.4 Å². The summed E-state index contributed by atoms with van der Waals surface area (Å²) in [5.41, 5.74) is 1.57. The molecule has 6 nitrogen and oxygen atoms in total. The quantitative estimate of drug-likeness (QED) is 0.823. The number of hydrogen-bond donors (Lipinski definition) is 1. The van der Waals surface area contributed by atoms with E-state index in [1.165, 1.54) is 0 Å². The van der Waals surface area contributed by atoms with Crippen LogP contribution in [0, 0.1) is 0 Å². The van der Waals surface area contributed by atoms with Crippen LogP contribution in [-0.4, -0.2) is 46.8 Å². The summed E-state index contributed by atoms with van der Waals surface area (Å²) >= 11 is 0. The summed E-state index contributed by atoms with van der Waals surface area (Å²) in [7, 11) is 1.67. The number of methoxy groups -OCH3 is 1. The minimum atomic E-state index is 0. The summed E-state index contributed by atoms with van der Waals surface area (Å²) in [5.74, 6) is 0.839. The van der Waals surface area contributed by atoms with Crippen LogP contribution in [0.5, 0.6) is 5.75 Å². The summed E-state index contributed by atoms with van der Waals surface area (Å²) in [6.45, 7) is 2.55. The van der Waals surface area contributed by atoms with Gasteiger partial charge >= 0.3 is 0 Å². The largest absolute Gasteiger partial charge is 0.496 e. The molecule has 0 spiro atoms. The van der Waals surface area contributed by atoms with Gasteiger partial charge in [0.25, 0.3) is 5.91 Å². The fraction of sp³-hybridized carbons (Fsp3) is 0.500. The number of halogens is 1. The number of amides is 1. The summed E-state index contributed by atoms with van der Waals surface area (Å²) in [4.78, 5) is 15.1. The Balaban J connectivity index is 0.00000210. The van der Waals surface area contributed by atoms with Crippen molar-refractivity contribution in [2.45, 2.75) is 44.3 Å². The van der Waals surface area contributed by atoms with Crippen LogP contribution in [0.4, 0.5) is 0 Å². The van der Waals surface area contributed by atoms with Crippen molar-refractivity contribution in [2.75, 3.05) is 20.2 Å². The maximum absolute atomic E-state index is 13.1. The summed E-state index contributed by atoms with van der Waals surface area (Å²) < 4.78 is 7.40. The SMILES string of the molecule is COc1ccccc1CN(C(=O)c1ccn(C2CCCNC2)n1)C1CC1.Cl. The van der Waals surface area contributed by atoms with Gasteiger partial charge in [-0.3, -0.25) is 9.48 Å². The van der Waals surface area contributed by atoms with Crippen molar-refractivity contribution >= 4 is 18.3 Å². The first-order chi connectivity index (χ1) is 12.8. The molecule has 1 saturated heterocycles. The maximum Gasteiger partial charge on any atom is 0.274 e. The zero-order valence-electron chi connectivity index (χ0n) is 15.6. The van der Waals surface area contributed by atoms with Gasteiger partial charge in [0.05, 0.1) is 13.2 Å². The number of para-hydroxylation sites is 1. The smallest absolute Gasteiger partial charge is 0.274 e. The molecule has 27 heavy (non-hydrogen) atoms. The number of hydrogen-bond acceptors (Lipinski definition) is 4. The Morgan fingerprint density at radius 2 is 2.11 bits per heavy atom. The number of carbonyl (C=O) groups is 1. The minimum absolute atomic E-state index is 0. The molecule has 1 aliphatic carbocycles. The lowest BCUT2D eigenvalue weighted by atomic mass is 10.1. The molecule has 1 aromatic heterocycles. The van der Waals surface area contributed by atoms with Crippen LogP contribution in [-0.2, 0) is 6.54 Å². The monoisotopic (exact) mass is 390 g/mol. The number of benzene rings is 1. The highest BCUT2D eigenvalue weighted by atomic mass is 35.5. The average Bonchev–Trinajstić information content (AvgIpc) is 3.42. The molecule has 4 rings (SSSR count). The summed E-state index contributed by atoms with van der Waals surface area (Å²) in [6.07, 6.45) is 6.33. The Hall–Kier alpha value is -2.05. The van der Waals surface area contributed by atoms with Gasteiger partial charge in [-0.25, -0.2) is 0 Å². The molecular weight excluding hydrogens is 364 g/mol. The molecule has 2 fully saturated rings.